The van der Waals surface area contributed by atoms with Crippen LogP contribution < -0.4 is 5.32 Å². The summed E-state index contributed by atoms with van der Waals surface area (Å²) in [5, 5.41) is 13.9. The molecule has 4 nitrogen and oxygen atoms in total. The molecule has 0 aromatic heterocycles. The van der Waals surface area contributed by atoms with Gasteiger partial charge >= 0.3 is 0 Å². The average Bonchev–Trinajstić information content (AvgIpc) is 3.16. The zero-order valence-electron chi connectivity index (χ0n) is 10.9. The predicted molar refractivity (Wildman–Crippen MR) is 79.2 cm³/mol. The molecule has 1 aliphatic heterocycles. The summed E-state index contributed by atoms with van der Waals surface area (Å²) in [5.74, 6) is 0.288. The molecule has 2 N–H and O–H groups in total. The molecule has 1 aliphatic carbocycles. The van der Waals surface area contributed by atoms with Gasteiger partial charge in [-0.3, -0.25) is 9.69 Å². The second-order valence-corrected chi connectivity index (χ2v) is 6.54. The van der Waals surface area contributed by atoms with Gasteiger partial charge < -0.3 is 10.4 Å². The van der Waals surface area contributed by atoms with E-state index in [2.05, 4.69) is 5.32 Å². The number of carbonyl (C=O) groups excluding carboxylic acids is 1. The Balaban J connectivity index is 1.52. The minimum absolute atomic E-state index is 0.146. The van der Waals surface area contributed by atoms with Crippen molar-refractivity contribution in [3.63, 3.8) is 0 Å². The van der Waals surface area contributed by atoms with Crippen molar-refractivity contribution in [3.05, 3.63) is 28.2 Å². The van der Waals surface area contributed by atoms with Gasteiger partial charge in [0.25, 0.3) is 0 Å². The molecular formula is C14H16Cl2N2O2. The van der Waals surface area contributed by atoms with Crippen molar-refractivity contribution in [1.82, 2.24) is 4.90 Å². The number of nitrogens with zero attached hydrogens (tertiary/aromatic N) is 1. The minimum atomic E-state index is -0.562. The lowest BCUT2D eigenvalue weighted by Gasteiger charge is -2.46. The highest BCUT2D eigenvalue weighted by Crippen LogP contribution is 2.44. The van der Waals surface area contributed by atoms with Crippen LogP contribution in [-0.2, 0) is 4.79 Å². The number of hydrogen-bond acceptors (Lipinski definition) is 3. The van der Waals surface area contributed by atoms with Crippen LogP contribution >= 0.6 is 23.2 Å². The summed E-state index contributed by atoms with van der Waals surface area (Å²) in [7, 11) is 0. The van der Waals surface area contributed by atoms with Gasteiger partial charge in [-0.25, -0.2) is 0 Å². The molecule has 0 unspecified atom stereocenters. The Morgan fingerprint density at radius 3 is 2.75 bits per heavy atom. The molecule has 6 heteroatoms. The summed E-state index contributed by atoms with van der Waals surface area (Å²) >= 11 is 11.9. The highest BCUT2D eigenvalue weighted by atomic mass is 35.5. The van der Waals surface area contributed by atoms with Crippen LogP contribution in [0.1, 0.15) is 12.8 Å². The third-order valence-electron chi connectivity index (χ3n) is 3.90. The number of halogens is 2. The van der Waals surface area contributed by atoms with E-state index in [-0.39, 0.29) is 12.5 Å². The number of likely N-dealkylation sites (tertiary alicyclic amines) is 1. The van der Waals surface area contributed by atoms with E-state index in [0.717, 1.165) is 12.8 Å². The van der Waals surface area contributed by atoms with E-state index in [1.807, 2.05) is 4.90 Å². The maximum Gasteiger partial charge on any atom is 0.238 e. The molecule has 1 amide bonds. The van der Waals surface area contributed by atoms with E-state index >= 15 is 0 Å². The number of benzene rings is 1. The van der Waals surface area contributed by atoms with Crippen molar-refractivity contribution in [2.45, 2.75) is 18.4 Å². The fraction of sp³-hybridized carbons (Fsp3) is 0.500. The van der Waals surface area contributed by atoms with Crippen molar-refractivity contribution in [1.29, 1.82) is 0 Å². The van der Waals surface area contributed by atoms with E-state index in [4.69, 9.17) is 23.2 Å². The maximum absolute atomic E-state index is 11.9. The van der Waals surface area contributed by atoms with Crippen molar-refractivity contribution in [2.75, 3.05) is 25.0 Å². The van der Waals surface area contributed by atoms with Crippen LogP contribution in [0.2, 0.25) is 10.0 Å². The topological polar surface area (TPSA) is 52.6 Å². The number of amides is 1. The zero-order chi connectivity index (χ0) is 14.3. The number of carbonyl (C=O) groups is 1. The molecule has 108 valence electrons. The Labute approximate surface area is 127 Å². The first kappa shape index (κ1) is 14.1. The number of nitrogens with one attached hydrogen (secondary N) is 1. The lowest BCUT2D eigenvalue weighted by atomic mass is 9.89. The molecule has 1 aromatic carbocycles. The second kappa shape index (κ2) is 5.19. The molecule has 1 saturated carbocycles. The van der Waals surface area contributed by atoms with Crippen molar-refractivity contribution >= 4 is 34.8 Å². The summed E-state index contributed by atoms with van der Waals surface area (Å²) in [4.78, 5) is 13.9. The van der Waals surface area contributed by atoms with Crippen molar-refractivity contribution < 1.29 is 9.90 Å². The normalized spacial score (nSPS) is 21.4. The molecule has 1 saturated heterocycles. The van der Waals surface area contributed by atoms with Gasteiger partial charge in [-0.1, -0.05) is 23.2 Å². The molecule has 0 radical (unpaired) electrons. The first-order valence-electron chi connectivity index (χ1n) is 6.66. The van der Waals surface area contributed by atoms with Crippen LogP contribution in [-0.4, -0.2) is 41.1 Å². The standard InChI is InChI=1S/C14H16Cl2N2O2/c15-10-3-4-11(16)12(5-10)17-13(19)6-18-7-14(20,8-18)9-1-2-9/h3-5,9,20H,1-2,6-8H2,(H,17,19). The second-order valence-electron chi connectivity index (χ2n) is 5.70. The van der Waals surface area contributed by atoms with E-state index in [9.17, 15) is 9.90 Å². The third kappa shape index (κ3) is 2.93. The molecule has 20 heavy (non-hydrogen) atoms. The third-order valence-corrected chi connectivity index (χ3v) is 4.47. The van der Waals surface area contributed by atoms with Crippen LogP contribution in [0.15, 0.2) is 18.2 Å². The average molecular weight is 315 g/mol. The number of rotatable bonds is 4. The van der Waals surface area contributed by atoms with Crippen LogP contribution in [0.25, 0.3) is 0 Å². The van der Waals surface area contributed by atoms with Crippen LogP contribution in [0.5, 0.6) is 0 Å². The van der Waals surface area contributed by atoms with Gasteiger partial charge in [0.05, 0.1) is 22.9 Å². The predicted octanol–water partition coefficient (Wildman–Crippen LogP) is 2.39. The molecule has 1 aromatic rings. The first-order valence-corrected chi connectivity index (χ1v) is 7.41. The van der Waals surface area contributed by atoms with E-state index in [0.29, 0.717) is 34.7 Å². The summed E-state index contributed by atoms with van der Waals surface area (Å²) < 4.78 is 0. The fourth-order valence-electron chi connectivity index (χ4n) is 2.70. The summed E-state index contributed by atoms with van der Waals surface area (Å²) in [6.07, 6.45) is 2.21. The molecule has 1 heterocycles. The Kier molecular flexibility index (Phi) is 3.67. The van der Waals surface area contributed by atoms with Gasteiger partial charge in [0.2, 0.25) is 5.91 Å². The monoisotopic (exact) mass is 314 g/mol. The molecule has 0 atom stereocenters. The summed E-state index contributed by atoms with van der Waals surface area (Å²) in [5.41, 5.74) is -0.0457. The van der Waals surface area contributed by atoms with Crippen LogP contribution in [0.4, 0.5) is 5.69 Å². The highest BCUT2D eigenvalue weighted by Gasteiger charge is 2.51. The van der Waals surface area contributed by atoms with Crippen LogP contribution in [0.3, 0.4) is 0 Å². The smallest absolute Gasteiger partial charge is 0.238 e. The molecule has 3 rings (SSSR count). The van der Waals surface area contributed by atoms with Gasteiger partial charge in [0.15, 0.2) is 0 Å². The van der Waals surface area contributed by atoms with Crippen molar-refractivity contribution in [2.24, 2.45) is 5.92 Å². The van der Waals surface area contributed by atoms with E-state index in [1.54, 1.807) is 18.2 Å². The number of aliphatic hydroxyl groups is 1. The van der Waals surface area contributed by atoms with Crippen molar-refractivity contribution in [3.8, 4) is 0 Å². The summed E-state index contributed by atoms with van der Waals surface area (Å²) in [6, 6.07) is 4.94. The zero-order valence-corrected chi connectivity index (χ0v) is 12.4. The maximum atomic E-state index is 11.9. The van der Waals surface area contributed by atoms with Gasteiger partial charge in [-0.05, 0) is 37.0 Å². The van der Waals surface area contributed by atoms with Gasteiger partial charge in [-0.2, -0.15) is 0 Å². The first-order chi connectivity index (χ1) is 9.46. The number of anilines is 1. The fourth-order valence-corrected chi connectivity index (χ4v) is 3.04. The van der Waals surface area contributed by atoms with Gasteiger partial charge in [0, 0.05) is 18.1 Å². The Morgan fingerprint density at radius 1 is 1.40 bits per heavy atom. The quantitative estimate of drug-likeness (QED) is 0.897. The van der Waals surface area contributed by atoms with Crippen LogP contribution in [0, 0.1) is 5.92 Å². The molecular weight excluding hydrogens is 299 g/mol. The van der Waals surface area contributed by atoms with Gasteiger partial charge in [0.1, 0.15) is 0 Å². The number of β-amino-alcohol motifs (C(OH)–C–C–N with tert-alkyl or cyclic N) is 1. The van der Waals surface area contributed by atoms with Gasteiger partial charge in [-0.15, -0.1) is 0 Å². The summed E-state index contributed by atoms with van der Waals surface area (Å²) in [6.45, 7) is 1.42. The van der Waals surface area contributed by atoms with E-state index in [1.165, 1.54) is 0 Å². The Bertz CT molecular complexity index is 540. The lowest BCUT2D eigenvalue weighted by Crippen LogP contribution is -2.64. The minimum Gasteiger partial charge on any atom is -0.387 e. The lowest BCUT2D eigenvalue weighted by molar-refractivity contribution is -0.132. The molecule has 2 fully saturated rings. The highest BCUT2D eigenvalue weighted by molar-refractivity contribution is 6.35. The largest absolute Gasteiger partial charge is 0.387 e. The molecule has 0 spiro atoms. The Hall–Kier alpha value is -0.810. The molecule has 2 aliphatic rings. The van der Waals surface area contributed by atoms with E-state index < -0.39 is 5.60 Å². The SMILES string of the molecule is O=C(CN1CC(O)(C2CC2)C1)Nc1cc(Cl)ccc1Cl. The molecule has 0 bridgehead atoms. The Morgan fingerprint density at radius 2 is 2.10 bits per heavy atom. The number of hydrogen-bond donors (Lipinski definition) is 2.